The molecule has 0 saturated heterocycles. The van der Waals surface area contributed by atoms with Gasteiger partial charge in [-0.2, -0.15) is 0 Å². The predicted octanol–water partition coefficient (Wildman–Crippen LogP) is 2.25. The fourth-order valence-electron chi connectivity index (χ4n) is 1.38. The van der Waals surface area contributed by atoms with E-state index in [4.69, 9.17) is 5.73 Å². The summed E-state index contributed by atoms with van der Waals surface area (Å²) in [5, 5.41) is 0. The van der Waals surface area contributed by atoms with Crippen molar-refractivity contribution >= 4 is 0 Å². The Labute approximate surface area is 69.0 Å². The normalized spacial score (nSPS) is 29.5. The second kappa shape index (κ2) is 2.82. The molecule has 0 fully saturated rings. The third kappa shape index (κ3) is 2.19. The summed E-state index contributed by atoms with van der Waals surface area (Å²) in [4.78, 5) is 0. The highest BCUT2D eigenvalue weighted by atomic mass is 14.6. The Morgan fingerprint density at radius 2 is 2.18 bits per heavy atom. The molecule has 0 bridgehead atoms. The maximum absolute atomic E-state index is 5.95. The number of allylic oxidation sites excluding steroid dienone is 3. The van der Waals surface area contributed by atoms with Crippen LogP contribution in [-0.4, -0.2) is 6.04 Å². The quantitative estimate of drug-likeness (QED) is 0.564. The maximum atomic E-state index is 5.95. The van der Waals surface area contributed by atoms with Crippen molar-refractivity contribution in [2.45, 2.75) is 33.2 Å². The molecule has 1 unspecified atom stereocenters. The Kier molecular flexibility index (Phi) is 2.19. The summed E-state index contributed by atoms with van der Waals surface area (Å²) >= 11 is 0. The number of hydrogen-bond acceptors (Lipinski definition) is 1. The molecule has 11 heavy (non-hydrogen) atoms. The van der Waals surface area contributed by atoms with Crippen LogP contribution in [0.15, 0.2) is 23.8 Å². The highest BCUT2D eigenvalue weighted by Crippen LogP contribution is 2.27. The monoisotopic (exact) mass is 151 g/mol. The fourth-order valence-corrected chi connectivity index (χ4v) is 1.38. The molecule has 0 aromatic heterocycles. The van der Waals surface area contributed by atoms with Crippen LogP contribution >= 0.6 is 0 Å². The summed E-state index contributed by atoms with van der Waals surface area (Å²) < 4.78 is 0. The fraction of sp³-hybridized carbons (Fsp3) is 0.600. The minimum atomic E-state index is 0.236. The first-order valence-corrected chi connectivity index (χ1v) is 4.13. The summed E-state index contributed by atoms with van der Waals surface area (Å²) in [7, 11) is 0. The predicted molar refractivity (Wildman–Crippen MR) is 49.3 cm³/mol. The first-order chi connectivity index (χ1) is 5.01. The van der Waals surface area contributed by atoms with E-state index in [1.165, 1.54) is 5.57 Å². The van der Waals surface area contributed by atoms with Gasteiger partial charge in [-0.25, -0.2) is 0 Å². The molecule has 1 aliphatic rings. The summed E-state index contributed by atoms with van der Waals surface area (Å²) in [5.41, 5.74) is 7.49. The van der Waals surface area contributed by atoms with Crippen molar-refractivity contribution in [1.82, 2.24) is 0 Å². The van der Waals surface area contributed by atoms with Crippen molar-refractivity contribution in [2.75, 3.05) is 0 Å². The van der Waals surface area contributed by atoms with Crippen LogP contribution in [0.3, 0.4) is 0 Å². The molecule has 1 aliphatic carbocycles. The van der Waals surface area contributed by atoms with Gasteiger partial charge < -0.3 is 5.73 Å². The lowest BCUT2D eigenvalue weighted by Crippen LogP contribution is -2.26. The van der Waals surface area contributed by atoms with Crippen LogP contribution in [0.2, 0.25) is 0 Å². The van der Waals surface area contributed by atoms with Gasteiger partial charge in [-0.1, -0.05) is 37.6 Å². The Hall–Kier alpha value is -0.560. The summed E-state index contributed by atoms with van der Waals surface area (Å²) in [6.07, 6.45) is 7.50. The maximum Gasteiger partial charge on any atom is 0.0262 e. The number of hydrogen-bond donors (Lipinski definition) is 1. The van der Waals surface area contributed by atoms with E-state index in [0.717, 1.165) is 6.42 Å². The van der Waals surface area contributed by atoms with Crippen molar-refractivity contribution in [3.63, 3.8) is 0 Å². The topological polar surface area (TPSA) is 26.0 Å². The standard InChI is InChI=1S/C10H17N/c1-8-5-4-6-10(2,3)7-9(8)11/h4-6,9H,7,11H2,1-3H3. The molecule has 1 nitrogen and oxygen atoms in total. The molecule has 1 atom stereocenters. The average Bonchev–Trinajstić information content (AvgIpc) is 1.93. The minimum absolute atomic E-state index is 0.236. The van der Waals surface area contributed by atoms with Gasteiger partial charge >= 0.3 is 0 Å². The van der Waals surface area contributed by atoms with Crippen LogP contribution in [-0.2, 0) is 0 Å². The summed E-state index contributed by atoms with van der Waals surface area (Å²) in [6, 6.07) is 0.236. The molecule has 0 amide bonds. The first kappa shape index (κ1) is 8.54. The van der Waals surface area contributed by atoms with Crippen molar-refractivity contribution in [1.29, 1.82) is 0 Å². The van der Waals surface area contributed by atoms with Crippen molar-refractivity contribution in [3.05, 3.63) is 23.8 Å². The molecule has 0 aromatic rings. The van der Waals surface area contributed by atoms with Crippen molar-refractivity contribution in [3.8, 4) is 0 Å². The van der Waals surface area contributed by atoms with Crippen molar-refractivity contribution in [2.24, 2.45) is 11.1 Å². The molecular formula is C10H17N. The molecule has 2 N–H and O–H groups in total. The van der Waals surface area contributed by atoms with E-state index in [0.29, 0.717) is 0 Å². The number of nitrogens with two attached hydrogens (primary N) is 1. The average molecular weight is 151 g/mol. The highest BCUT2D eigenvalue weighted by molar-refractivity contribution is 5.21. The van der Waals surface area contributed by atoms with Gasteiger partial charge in [0.2, 0.25) is 0 Å². The lowest BCUT2D eigenvalue weighted by atomic mass is 9.85. The van der Waals surface area contributed by atoms with Gasteiger partial charge in [0.1, 0.15) is 0 Å². The molecule has 62 valence electrons. The van der Waals surface area contributed by atoms with E-state index in [1.54, 1.807) is 0 Å². The van der Waals surface area contributed by atoms with E-state index < -0.39 is 0 Å². The Balaban J connectivity index is 2.79. The van der Waals surface area contributed by atoms with Gasteiger partial charge in [0.15, 0.2) is 0 Å². The van der Waals surface area contributed by atoms with Gasteiger partial charge in [-0.3, -0.25) is 0 Å². The van der Waals surface area contributed by atoms with Crippen LogP contribution in [0.1, 0.15) is 27.2 Å². The smallest absolute Gasteiger partial charge is 0.0262 e. The summed E-state index contributed by atoms with van der Waals surface area (Å²) in [6.45, 7) is 6.53. The van der Waals surface area contributed by atoms with E-state index in [1.807, 2.05) is 0 Å². The number of rotatable bonds is 0. The molecule has 0 radical (unpaired) electrons. The first-order valence-electron chi connectivity index (χ1n) is 4.13. The van der Waals surface area contributed by atoms with Crippen LogP contribution < -0.4 is 5.73 Å². The molecule has 0 aromatic carbocycles. The van der Waals surface area contributed by atoms with Crippen LogP contribution in [0.5, 0.6) is 0 Å². The second-order valence-electron chi connectivity index (χ2n) is 4.07. The zero-order valence-corrected chi connectivity index (χ0v) is 7.59. The third-order valence-corrected chi connectivity index (χ3v) is 2.24. The molecule has 1 heteroatoms. The van der Waals surface area contributed by atoms with Gasteiger partial charge in [0.05, 0.1) is 0 Å². The second-order valence-corrected chi connectivity index (χ2v) is 4.07. The lowest BCUT2D eigenvalue weighted by molar-refractivity contribution is 0.412. The molecule has 0 heterocycles. The van der Waals surface area contributed by atoms with Crippen LogP contribution in [0.4, 0.5) is 0 Å². The highest BCUT2D eigenvalue weighted by Gasteiger charge is 2.20. The largest absolute Gasteiger partial charge is 0.324 e. The van der Waals surface area contributed by atoms with Gasteiger partial charge in [0, 0.05) is 6.04 Å². The lowest BCUT2D eigenvalue weighted by Gasteiger charge is -2.22. The summed E-state index contributed by atoms with van der Waals surface area (Å²) in [5.74, 6) is 0. The minimum Gasteiger partial charge on any atom is -0.324 e. The van der Waals surface area contributed by atoms with Crippen LogP contribution in [0.25, 0.3) is 0 Å². The van der Waals surface area contributed by atoms with Gasteiger partial charge in [0.25, 0.3) is 0 Å². The van der Waals surface area contributed by atoms with E-state index in [9.17, 15) is 0 Å². The zero-order valence-electron chi connectivity index (χ0n) is 7.59. The van der Waals surface area contributed by atoms with Crippen molar-refractivity contribution < 1.29 is 0 Å². The van der Waals surface area contributed by atoms with E-state index in [-0.39, 0.29) is 11.5 Å². The SMILES string of the molecule is CC1=CC=CC(C)(C)CC1N. The third-order valence-electron chi connectivity index (χ3n) is 2.24. The molecule has 0 spiro atoms. The molecule has 1 rings (SSSR count). The molecule has 0 aliphatic heterocycles. The van der Waals surface area contributed by atoms with Gasteiger partial charge in [-0.05, 0) is 18.8 Å². The Morgan fingerprint density at radius 1 is 1.55 bits per heavy atom. The zero-order chi connectivity index (χ0) is 8.48. The van der Waals surface area contributed by atoms with Crippen LogP contribution in [0, 0.1) is 5.41 Å². The van der Waals surface area contributed by atoms with E-state index in [2.05, 4.69) is 39.0 Å². The van der Waals surface area contributed by atoms with Gasteiger partial charge in [-0.15, -0.1) is 0 Å². The molecule has 0 saturated carbocycles. The Morgan fingerprint density at radius 3 is 2.82 bits per heavy atom. The van der Waals surface area contributed by atoms with E-state index >= 15 is 0 Å². The Bertz CT molecular complexity index is 199. The molecular weight excluding hydrogens is 134 g/mol.